The fourth-order valence-electron chi connectivity index (χ4n) is 0.757. The Kier molecular flexibility index (Phi) is 3.12. The van der Waals surface area contributed by atoms with Crippen LogP contribution in [0.5, 0.6) is 0 Å². The topological polar surface area (TPSA) is 40.5 Å². The van der Waals surface area contributed by atoms with Crippen LogP contribution in [0.15, 0.2) is 21.1 Å². The Morgan fingerprint density at radius 2 is 1.73 bits per heavy atom. The van der Waals surface area contributed by atoms with Gasteiger partial charge in [0.2, 0.25) is 0 Å². The molecule has 57 valence electrons. The third-order valence-corrected chi connectivity index (χ3v) is 3.27. The van der Waals surface area contributed by atoms with Crippen LogP contribution in [-0.4, -0.2) is 17.7 Å². The maximum absolute atomic E-state index is 7.00. The van der Waals surface area contributed by atoms with Gasteiger partial charge in [0.25, 0.3) is 0 Å². The van der Waals surface area contributed by atoms with Crippen molar-refractivity contribution >= 4 is 39.5 Å². The molecule has 0 aliphatic heterocycles. The van der Waals surface area contributed by atoms with Gasteiger partial charge in [-0.15, -0.1) is 0 Å². The summed E-state index contributed by atoms with van der Waals surface area (Å²) in [6.45, 7) is 0. The SMILES string of the molecule is Brc1cc2cc-2c1Br.O[B]O. The molecule has 2 nitrogen and oxygen atoms in total. The summed E-state index contributed by atoms with van der Waals surface area (Å²) in [6.07, 6.45) is 0. The lowest BCUT2D eigenvalue weighted by molar-refractivity contribution is 0.448. The van der Waals surface area contributed by atoms with Crippen LogP contribution in [0.3, 0.4) is 0 Å². The summed E-state index contributed by atoms with van der Waals surface area (Å²) in [5.41, 5.74) is 2.72. The van der Waals surface area contributed by atoms with Gasteiger partial charge in [0.05, 0.1) is 0 Å². The van der Waals surface area contributed by atoms with E-state index in [1.807, 2.05) is 0 Å². The third-order valence-electron chi connectivity index (χ3n) is 1.26. The zero-order valence-corrected chi connectivity index (χ0v) is 8.55. The van der Waals surface area contributed by atoms with Crippen molar-refractivity contribution in [1.29, 1.82) is 0 Å². The average molecular weight is 279 g/mol. The van der Waals surface area contributed by atoms with E-state index in [4.69, 9.17) is 10.0 Å². The van der Waals surface area contributed by atoms with Gasteiger partial charge >= 0.3 is 7.69 Å². The summed E-state index contributed by atoms with van der Waals surface area (Å²) >= 11 is 6.81. The highest BCUT2D eigenvalue weighted by Gasteiger charge is 2.18. The minimum Gasteiger partial charge on any atom is -0.429 e. The molecule has 2 aliphatic rings. The van der Waals surface area contributed by atoms with Gasteiger partial charge in [0.15, 0.2) is 0 Å². The predicted octanol–water partition coefficient (Wildman–Crippen LogP) is 1.70. The van der Waals surface area contributed by atoms with Gasteiger partial charge in [0, 0.05) is 8.95 Å². The monoisotopic (exact) mass is 277 g/mol. The molecule has 2 aliphatic carbocycles. The van der Waals surface area contributed by atoms with Crippen LogP contribution < -0.4 is 0 Å². The smallest absolute Gasteiger partial charge is 0.429 e. The molecule has 0 heterocycles. The first kappa shape index (κ1) is 9.25. The Bertz CT molecular complexity index is 278. The number of fused-ring (bicyclic) bond motifs is 1. The number of halogens is 2. The van der Waals surface area contributed by atoms with Crippen LogP contribution in [0.4, 0.5) is 0 Å². The van der Waals surface area contributed by atoms with Crippen molar-refractivity contribution in [2.75, 3.05) is 0 Å². The van der Waals surface area contributed by atoms with Crippen molar-refractivity contribution in [3.8, 4) is 11.1 Å². The second-order valence-electron chi connectivity index (χ2n) is 1.94. The van der Waals surface area contributed by atoms with E-state index >= 15 is 0 Å². The zero-order valence-electron chi connectivity index (χ0n) is 5.38. The zero-order chi connectivity index (χ0) is 8.43. The molecule has 0 fully saturated rings. The maximum Gasteiger partial charge on any atom is 0.482 e. The molecule has 0 amide bonds. The molecule has 0 aromatic heterocycles. The van der Waals surface area contributed by atoms with Crippen molar-refractivity contribution < 1.29 is 10.0 Å². The lowest BCUT2D eigenvalue weighted by Crippen LogP contribution is -1.75. The lowest BCUT2D eigenvalue weighted by Gasteiger charge is -1.78. The van der Waals surface area contributed by atoms with Crippen molar-refractivity contribution in [2.45, 2.75) is 0 Å². The van der Waals surface area contributed by atoms with E-state index in [2.05, 4.69) is 44.0 Å². The molecule has 0 aromatic rings. The fourth-order valence-corrected chi connectivity index (χ4v) is 1.68. The molecule has 5 heteroatoms. The average Bonchev–Trinajstić information content (AvgIpc) is 2.62. The molecule has 0 bridgehead atoms. The van der Waals surface area contributed by atoms with Crippen LogP contribution in [0, 0.1) is 0 Å². The van der Waals surface area contributed by atoms with E-state index in [1.165, 1.54) is 20.1 Å². The molecular weight excluding hydrogens is 275 g/mol. The predicted molar refractivity (Wildman–Crippen MR) is 51.0 cm³/mol. The molecule has 2 N–H and O–H groups in total. The van der Waals surface area contributed by atoms with E-state index in [0.717, 1.165) is 0 Å². The Balaban J connectivity index is 0.000000179. The van der Waals surface area contributed by atoms with Gasteiger partial charge in [-0.25, -0.2) is 0 Å². The second-order valence-corrected chi connectivity index (χ2v) is 3.58. The van der Waals surface area contributed by atoms with E-state index in [0.29, 0.717) is 0 Å². The highest BCUT2D eigenvalue weighted by molar-refractivity contribution is 9.13. The van der Waals surface area contributed by atoms with Crippen molar-refractivity contribution in [1.82, 2.24) is 0 Å². The van der Waals surface area contributed by atoms with Gasteiger partial charge in [-0.05, 0) is 55.1 Å². The molecule has 11 heavy (non-hydrogen) atoms. The van der Waals surface area contributed by atoms with Gasteiger partial charge in [0.1, 0.15) is 0 Å². The summed E-state index contributed by atoms with van der Waals surface area (Å²) in [5.74, 6) is 0. The second kappa shape index (κ2) is 3.71. The first-order valence-corrected chi connectivity index (χ1v) is 4.39. The summed E-state index contributed by atoms with van der Waals surface area (Å²) in [6, 6.07) is 4.26. The van der Waals surface area contributed by atoms with Crippen LogP contribution in [-0.2, 0) is 0 Å². The normalized spacial score (nSPS) is 9.82. The van der Waals surface area contributed by atoms with Crippen molar-refractivity contribution in [3.63, 3.8) is 0 Å². The number of hydrogen-bond acceptors (Lipinski definition) is 2. The minimum absolute atomic E-state index is 0. The van der Waals surface area contributed by atoms with E-state index < -0.39 is 0 Å². The molecule has 0 atom stereocenters. The van der Waals surface area contributed by atoms with Crippen LogP contribution in [0.25, 0.3) is 11.1 Å². The first-order chi connectivity index (χ1) is 5.20. The Labute approximate surface area is 81.8 Å². The van der Waals surface area contributed by atoms with Gasteiger partial charge in [-0.2, -0.15) is 0 Å². The molecule has 0 spiro atoms. The highest BCUT2D eigenvalue weighted by Crippen LogP contribution is 2.46. The van der Waals surface area contributed by atoms with Gasteiger partial charge in [-0.1, -0.05) is 0 Å². The standard InChI is InChI=1S/C6H2Br2.BH2O2/c7-5-2-3-1-4(3)6(5)8;2-1-3/h1-2H;2-3H. The molecule has 0 aromatic carbocycles. The van der Waals surface area contributed by atoms with Crippen LogP contribution in [0.1, 0.15) is 0 Å². The van der Waals surface area contributed by atoms with Gasteiger partial charge < -0.3 is 10.0 Å². The maximum atomic E-state index is 7.00. The fraction of sp³-hybridized carbons (Fsp3) is 0. The minimum atomic E-state index is 0. The first-order valence-electron chi connectivity index (χ1n) is 2.80. The van der Waals surface area contributed by atoms with E-state index in [9.17, 15) is 0 Å². The van der Waals surface area contributed by atoms with Crippen molar-refractivity contribution in [2.24, 2.45) is 0 Å². The molecular formula is C6H4BBr2O2. The van der Waals surface area contributed by atoms with Crippen molar-refractivity contribution in [3.05, 3.63) is 21.1 Å². The largest absolute Gasteiger partial charge is 0.482 e. The summed E-state index contributed by atoms with van der Waals surface area (Å²) < 4.78 is 2.37. The summed E-state index contributed by atoms with van der Waals surface area (Å²) in [5, 5.41) is 14.0. The highest BCUT2D eigenvalue weighted by atomic mass is 79.9. The Hall–Kier alpha value is 0.165. The molecule has 0 saturated carbocycles. The molecule has 1 radical (unpaired) electrons. The Morgan fingerprint density at radius 1 is 1.18 bits per heavy atom. The third kappa shape index (κ3) is 2.05. The summed E-state index contributed by atoms with van der Waals surface area (Å²) in [4.78, 5) is 0. The summed E-state index contributed by atoms with van der Waals surface area (Å²) in [7, 11) is 0. The molecule has 0 saturated heterocycles. The number of benzene rings is 1. The van der Waals surface area contributed by atoms with Gasteiger partial charge in [-0.3, -0.25) is 0 Å². The van der Waals surface area contributed by atoms with E-state index in [-0.39, 0.29) is 7.69 Å². The Morgan fingerprint density at radius 3 is 1.91 bits per heavy atom. The lowest BCUT2D eigenvalue weighted by atomic mass is 10.5. The number of rotatable bonds is 0. The molecule has 0 unspecified atom stereocenters. The van der Waals surface area contributed by atoms with Crippen LogP contribution >= 0.6 is 31.9 Å². The van der Waals surface area contributed by atoms with Crippen LogP contribution in [0.2, 0.25) is 0 Å². The molecule has 2 rings (SSSR count). The quantitative estimate of drug-likeness (QED) is 0.720. The number of hydrogen-bond donors (Lipinski definition) is 2. The van der Waals surface area contributed by atoms with E-state index in [1.54, 1.807) is 0 Å².